The second-order valence-corrected chi connectivity index (χ2v) is 8.43. The van der Waals surface area contributed by atoms with Crippen LogP contribution >= 0.6 is 11.3 Å². The molecule has 1 aromatic carbocycles. The molecule has 3 aromatic heterocycles. The molecule has 0 saturated heterocycles. The van der Waals surface area contributed by atoms with Crippen LogP contribution in [-0.2, 0) is 0 Å². The van der Waals surface area contributed by atoms with E-state index in [1.165, 1.54) is 4.90 Å². The summed E-state index contributed by atoms with van der Waals surface area (Å²) >= 11 is 1.59. The summed E-state index contributed by atoms with van der Waals surface area (Å²) in [7, 11) is 3.39. The largest absolute Gasteiger partial charge is 0.345 e. The molecule has 4 rings (SSSR count). The second-order valence-electron chi connectivity index (χ2n) is 7.14. The van der Waals surface area contributed by atoms with Crippen LogP contribution in [0.1, 0.15) is 31.3 Å². The van der Waals surface area contributed by atoms with Gasteiger partial charge in [-0.1, -0.05) is 5.16 Å². The van der Waals surface area contributed by atoms with Crippen LogP contribution in [-0.4, -0.2) is 41.0 Å². The maximum absolute atomic E-state index is 13.1. The summed E-state index contributed by atoms with van der Waals surface area (Å²) in [5, 5.41) is 7.45. The van der Waals surface area contributed by atoms with Gasteiger partial charge in [-0.2, -0.15) is 0 Å². The molecule has 0 radical (unpaired) electrons. The standard InChI is InChI=1S/C22H20N4O3S/c1-12-5-10-18(30-12)17-11-16(19-13(2)25-29-21(19)24-17)20(27)23-15-8-6-14(7-9-15)22(28)26(3)4/h5-11H,1-4H3,(H,23,27). The Morgan fingerprint density at radius 3 is 2.43 bits per heavy atom. The number of pyridine rings is 1. The summed E-state index contributed by atoms with van der Waals surface area (Å²) < 4.78 is 5.34. The van der Waals surface area contributed by atoms with Crippen molar-refractivity contribution in [1.29, 1.82) is 0 Å². The predicted octanol–water partition coefficient (Wildman–Crippen LogP) is 4.52. The van der Waals surface area contributed by atoms with Gasteiger partial charge in [-0.05, 0) is 56.3 Å². The number of aryl methyl sites for hydroxylation is 2. The summed E-state index contributed by atoms with van der Waals surface area (Å²) in [4.78, 5) is 33.3. The fourth-order valence-corrected chi connectivity index (χ4v) is 3.95. The number of nitrogens with zero attached hydrogens (tertiary/aromatic N) is 3. The summed E-state index contributed by atoms with van der Waals surface area (Å²) in [6.07, 6.45) is 0. The van der Waals surface area contributed by atoms with E-state index in [0.717, 1.165) is 9.75 Å². The fourth-order valence-electron chi connectivity index (χ4n) is 3.12. The Bertz CT molecular complexity index is 1260. The zero-order valence-corrected chi connectivity index (χ0v) is 17.8. The Kier molecular flexibility index (Phi) is 5.09. The van der Waals surface area contributed by atoms with Crippen molar-refractivity contribution in [2.75, 3.05) is 19.4 Å². The minimum absolute atomic E-state index is 0.0975. The van der Waals surface area contributed by atoms with Crippen molar-refractivity contribution in [2.45, 2.75) is 13.8 Å². The van der Waals surface area contributed by atoms with E-state index in [2.05, 4.69) is 15.5 Å². The lowest BCUT2D eigenvalue weighted by Crippen LogP contribution is -2.21. The van der Waals surface area contributed by atoms with E-state index >= 15 is 0 Å². The zero-order valence-electron chi connectivity index (χ0n) is 17.0. The van der Waals surface area contributed by atoms with Gasteiger partial charge in [0, 0.05) is 30.2 Å². The number of hydrogen-bond donors (Lipinski definition) is 1. The molecule has 3 heterocycles. The van der Waals surface area contributed by atoms with Crippen LogP contribution in [0.2, 0.25) is 0 Å². The molecule has 2 amide bonds. The minimum Gasteiger partial charge on any atom is -0.345 e. The number of aromatic nitrogens is 2. The number of carbonyl (C=O) groups excluding carboxylic acids is 2. The third-order valence-corrected chi connectivity index (χ3v) is 5.67. The normalized spacial score (nSPS) is 10.9. The number of hydrogen-bond acceptors (Lipinski definition) is 6. The van der Waals surface area contributed by atoms with Gasteiger partial charge in [-0.15, -0.1) is 11.3 Å². The fraction of sp³-hybridized carbons (Fsp3) is 0.182. The van der Waals surface area contributed by atoms with E-state index in [0.29, 0.717) is 39.3 Å². The van der Waals surface area contributed by atoms with Crippen LogP contribution in [0.3, 0.4) is 0 Å². The minimum atomic E-state index is -0.296. The van der Waals surface area contributed by atoms with Gasteiger partial charge in [0.25, 0.3) is 17.5 Å². The van der Waals surface area contributed by atoms with Gasteiger partial charge >= 0.3 is 0 Å². The van der Waals surface area contributed by atoms with Crippen LogP contribution in [0.25, 0.3) is 21.7 Å². The maximum atomic E-state index is 13.1. The number of nitrogens with one attached hydrogen (secondary N) is 1. The first-order chi connectivity index (χ1) is 14.3. The topological polar surface area (TPSA) is 88.3 Å². The van der Waals surface area contributed by atoms with Gasteiger partial charge in [-0.3, -0.25) is 9.59 Å². The van der Waals surface area contributed by atoms with Crippen molar-refractivity contribution >= 4 is 39.9 Å². The number of thiophene rings is 1. The van der Waals surface area contributed by atoms with E-state index in [-0.39, 0.29) is 11.8 Å². The molecule has 8 heteroatoms. The van der Waals surface area contributed by atoms with Crippen LogP contribution in [0.15, 0.2) is 47.0 Å². The van der Waals surface area contributed by atoms with Gasteiger partial charge in [0.05, 0.1) is 27.2 Å². The SMILES string of the molecule is Cc1ccc(-c2cc(C(=O)Nc3ccc(C(=O)N(C)C)cc3)c3c(C)noc3n2)s1. The molecule has 0 aliphatic heterocycles. The number of anilines is 1. The van der Waals surface area contributed by atoms with E-state index < -0.39 is 0 Å². The molecule has 0 spiro atoms. The molecule has 0 aliphatic carbocycles. The molecule has 4 aromatic rings. The Morgan fingerprint density at radius 2 is 1.80 bits per heavy atom. The van der Waals surface area contributed by atoms with Crippen molar-refractivity contribution in [3.05, 3.63) is 64.2 Å². The lowest BCUT2D eigenvalue weighted by atomic mass is 10.1. The molecule has 152 valence electrons. The Morgan fingerprint density at radius 1 is 1.07 bits per heavy atom. The second kappa shape index (κ2) is 7.72. The lowest BCUT2D eigenvalue weighted by molar-refractivity contribution is 0.0827. The van der Waals surface area contributed by atoms with Crippen molar-refractivity contribution in [3.8, 4) is 10.6 Å². The van der Waals surface area contributed by atoms with Crippen molar-refractivity contribution < 1.29 is 14.1 Å². The highest BCUT2D eigenvalue weighted by molar-refractivity contribution is 7.15. The Labute approximate surface area is 177 Å². The first kappa shape index (κ1) is 19.8. The molecule has 7 nitrogen and oxygen atoms in total. The van der Waals surface area contributed by atoms with Gasteiger partial charge in [0.15, 0.2) is 0 Å². The molecule has 0 aliphatic rings. The average Bonchev–Trinajstić information content (AvgIpc) is 3.33. The molecule has 0 saturated carbocycles. The van der Waals surface area contributed by atoms with Crippen LogP contribution in [0.4, 0.5) is 5.69 Å². The monoisotopic (exact) mass is 420 g/mol. The summed E-state index contributed by atoms with van der Waals surface area (Å²) in [5.41, 5.74) is 3.16. The number of amides is 2. The van der Waals surface area contributed by atoms with Crippen LogP contribution in [0, 0.1) is 13.8 Å². The molecule has 30 heavy (non-hydrogen) atoms. The molecule has 0 bridgehead atoms. The quantitative estimate of drug-likeness (QED) is 0.524. The van der Waals surface area contributed by atoms with E-state index in [1.807, 2.05) is 19.1 Å². The first-order valence-electron chi connectivity index (χ1n) is 9.30. The number of carbonyl (C=O) groups is 2. The van der Waals surface area contributed by atoms with Crippen molar-refractivity contribution in [3.63, 3.8) is 0 Å². The molecule has 1 N–H and O–H groups in total. The zero-order chi connectivity index (χ0) is 21.4. The predicted molar refractivity (Wildman–Crippen MR) is 117 cm³/mol. The van der Waals surface area contributed by atoms with Crippen molar-refractivity contribution in [1.82, 2.24) is 15.0 Å². The van der Waals surface area contributed by atoms with Gasteiger partial charge in [0.1, 0.15) is 0 Å². The van der Waals surface area contributed by atoms with Crippen molar-refractivity contribution in [2.24, 2.45) is 0 Å². The van der Waals surface area contributed by atoms with E-state index in [9.17, 15) is 9.59 Å². The number of rotatable bonds is 4. The lowest BCUT2D eigenvalue weighted by Gasteiger charge is -2.11. The van der Waals surface area contributed by atoms with Crippen LogP contribution < -0.4 is 5.32 Å². The van der Waals surface area contributed by atoms with E-state index in [1.54, 1.807) is 62.7 Å². The third-order valence-electron chi connectivity index (χ3n) is 4.65. The Hall–Kier alpha value is -3.52. The summed E-state index contributed by atoms with van der Waals surface area (Å²) in [5.74, 6) is -0.394. The third kappa shape index (κ3) is 3.69. The average molecular weight is 420 g/mol. The summed E-state index contributed by atoms with van der Waals surface area (Å²) in [6.45, 7) is 3.80. The number of fused-ring (bicyclic) bond motifs is 1. The van der Waals surface area contributed by atoms with Gasteiger partial charge < -0.3 is 14.7 Å². The highest BCUT2D eigenvalue weighted by atomic mass is 32.1. The molecular formula is C22H20N4O3S. The molecular weight excluding hydrogens is 400 g/mol. The Balaban J connectivity index is 1.69. The van der Waals surface area contributed by atoms with Gasteiger partial charge in [-0.25, -0.2) is 4.98 Å². The first-order valence-corrected chi connectivity index (χ1v) is 10.1. The van der Waals surface area contributed by atoms with Gasteiger partial charge in [0.2, 0.25) is 0 Å². The summed E-state index contributed by atoms with van der Waals surface area (Å²) in [6, 6.07) is 12.5. The molecule has 0 unspecified atom stereocenters. The molecule has 0 fully saturated rings. The van der Waals surface area contributed by atoms with E-state index in [4.69, 9.17) is 4.52 Å². The molecule has 0 atom stereocenters. The highest BCUT2D eigenvalue weighted by Crippen LogP contribution is 2.31. The smallest absolute Gasteiger partial charge is 0.259 e. The number of benzene rings is 1. The van der Waals surface area contributed by atoms with Crippen LogP contribution in [0.5, 0.6) is 0 Å². The maximum Gasteiger partial charge on any atom is 0.259 e. The highest BCUT2D eigenvalue weighted by Gasteiger charge is 2.20.